The summed E-state index contributed by atoms with van der Waals surface area (Å²) in [6.45, 7) is 4.20. The summed E-state index contributed by atoms with van der Waals surface area (Å²) in [7, 11) is 0. The van der Waals surface area contributed by atoms with E-state index in [1.807, 2.05) is 5.38 Å². The van der Waals surface area contributed by atoms with Gasteiger partial charge in [0.05, 0.1) is 23.0 Å². The Morgan fingerprint density at radius 3 is 3.05 bits per heavy atom. The van der Waals surface area contributed by atoms with Crippen molar-refractivity contribution in [1.29, 1.82) is 0 Å². The van der Waals surface area contributed by atoms with Crippen LogP contribution in [0.15, 0.2) is 5.38 Å². The van der Waals surface area contributed by atoms with E-state index in [-0.39, 0.29) is 17.7 Å². The van der Waals surface area contributed by atoms with Crippen LogP contribution in [0.1, 0.15) is 30.5 Å². The quantitative estimate of drug-likeness (QED) is 0.800. The Hall–Kier alpha value is -1.47. The van der Waals surface area contributed by atoms with Crippen molar-refractivity contribution in [2.24, 2.45) is 11.7 Å². The minimum absolute atomic E-state index is 0.00452. The molecule has 6 nitrogen and oxygen atoms in total. The van der Waals surface area contributed by atoms with Crippen molar-refractivity contribution in [3.8, 4) is 0 Å². The van der Waals surface area contributed by atoms with Crippen LogP contribution in [0.2, 0.25) is 0 Å². The van der Waals surface area contributed by atoms with Gasteiger partial charge < -0.3 is 16.0 Å². The number of nitrogens with one attached hydrogen (secondary N) is 1. The van der Waals surface area contributed by atoms with Crippen LogP contribution in [0.5, 0.6) is 0 Å². The number of amides is 2. The summed E-state index contributed by atoms with van der Waals surface area (Å²) in [4.78, 5) is 30.6. The lowest BCUT2D eigenvalue weighted by Crippen LogP contribution is -2.46. The Kier molecular flexibility index (Phi) is 6.33. The van der Waals surface area contributed by atoms with Gasteiger partial charge >= 0.3 is 0 Å². The molecular formula is C15H24N4O2S. The molecule has 122 valence electrons. The van der Waals surface area contributed by atoms with Crippen LogP contribution < -0.4 is 11.1 Å². The number of hydrogen-bond donors (Lipinski definition) is 2. The fourth-order valence-corrected chi connectivity index (χ4v) is 3.36. The summed E-state index contributed by atoms with van der Waals surface area (Å²) < 4.78 is 0. The van der Waals surface area contributed by atoms with Gasteiger partial charge in [-0.1, -0.05) is 6.92 Å². The number of carbonyl (C=O) groups is 2. The molecule has 2 rings (SSSR count). The Bertz CT molecular complexity index is 517. The number of aryl methyl sites for hydroxylation is 1. The van der Waals surface area contributed by atoms with Gasteiger partial charge in [0, 0.05) is 31.6 Å². The van der Waals surface area contributed by atoms with Crippen molar-refractivity contribution in [3.63, 3.8) is 0 Å². The number of thiazole rings is 1. The predicted molar refractivity (Wildman–Crippen MR) is 86.6 cm³/mol. The first-order valence-electron chi connectivity index (χ1n) is 7.82. The lowest BCUT2D eigenvalue weighted by atomic mass is 9.96. The Labute approximate surface area is 135 Å². The lowest BCUT2D eigenvalue weighted by Gasteiger charge is -2.32. The predicted octanol–water partition coefficient (Wildman–Crippen LogP) is 0.562. The van der Waals surface area contributed by atoms with Crippen LogP contribution in [-0.4, -0.2) is 47.9 Å². The molecule has 1 unspecified atom stereocenters. The summed E-state index contributed by atoms with van der Waals surface area (Å²) in [5.41, 5.74) is 6.23. The molecule has 0 bridgehead atoms. The van der Waals surface area contributed by atoms with Gasteiger partial charge in [0.25, 0.3) is 0 Å². The second-order valence-electron chi connectivity index (χ2n) is 5.52. The molecule has 1 aliphatic heterocycles. The molecule has 22 heavy (non-hydrogen) atoms. The fraction of sp³-hybridized carbons (Fsp3) is 0.667. The number of carbonyl (C=O) groups excluding carboxylic acids is 2. The molecule has 7 heteroatoms. The molecule has 0 aliphatic carbocycles. The highest BCUT2D eigenvalue weighted by molar-refractivity contribution is 7.09. The molecule has 1 atom stereocenters. The van der Waals surface area contributed by atoms with E-state index in [0.717, 1.165) is 36.5 Å². The van der Waals surface area contributed by atoms with Crippen molar-refractivity contribution in [3.05, 3.63) is 16.1 Å². The molecule has 2 heterocycles. The van der Waals surface area contributed by atoms with Gasteiger partial charge in [0.15, 0.2) is 0 Å². The highest BCUT2D eigenvalue weighted by Gasteiger charge is 2.28. The second kappa shape index (κ2) is 8.24. The Morgan fingerprint density at radius 1 is 1.55 bits per heavy atom. The lowest BCUT2D eigenvalue weighted by molar-refractivity contribution is -0.135. The molecule has 0 radical (unpaired) electrons. The van der Waals surface area contributed by atoms with E-state index < -0.39 is 0 Å². The van der Waals surface area contributed by atoms with E-state index in [1.165, 1.54) is 0 Å². The third kappa shape index (κ3) is 4.51. The molecule has 0 spiro atoms. The van der Waals surface area contributed by atoms with E-state index in [4.69, 9.17) is 5.73 Å². The van der Waals surface area contributed by atoms with E-state index >= 15 is 0 Å². The van der Waals surface area contributed by atoms with Gasteiger partial charge in [-0.05, 0) is 19.3 Å². The number of likely N-dealkylation sites (tertiary alicyclic amines) is 1. The van der Waals surface area contributed by atoms with Crippen molar-refractivity contribution in [2.45, 2.75) is 32.6 Å². The first-order chi connectivity index (χ1) is 10.6. The van der Waals surface area contributed by atoms with Crippen molar-refractivity contribution in [1.82, 2.24) is 15.2 Å². The molecule has 1 saturated heterocycles. The summed E-state index contributed by atoms with van der Waals surface area (Å²) in [5, 5.41) is 5.82. The van der Waals surface area contributed by atoms with Gasteiger partial charge in [-0.2, -0.15) is 0 Å². The SMILES string of the molecule is CCc1nc(CC(=O)N2CCCC(C(=O)NCCN)C2)cs1. The zero-order chi connectivity index (χ0) is 15.9. The highest BCUT2D eigenvalue weighted by atomic mass is 32.1. The number of nitrogens with zero attached hydrogens (tertiary/aromatic N) is 2. The van der Waals surface area contributed by atoms with Crippen molar-refractivity contribution in [2.75, 3.05) is 26.2 Å². The number of rotatable bonds is 6. The average molecular weight is 324 g/mol. The van der Waals surface area contributed by atoms with E-state index in [2.05, 4.69) is 17.2 Å². The number of aromatic nitrogens is 1. The minimum Gasteiger partial charge on any atom is -0.355 e. The van der Waals surface area contributed by atoms with Gasteiger partial charge in [0.1, 0.15) is 0 Å². The smallest absolute Gasteiger partial charge is 0.228 e. The van der Waals surface area contributed by atoms with E-state index in [0.29, 0.717) is 26.1 Å². The average Bonchev–Trinajstić information content (AvgIpc) is 3.00. The third-order valence-electron chi connectivity index (χ3n) is 3.82. The topological polar surface area (TPSA) is 88.3 Å². The van der Waals surface area contributed by atoms with Crippen LogP contribution in [0.25, 0.3) is 0 Å². The van der Waals surface area contributed by atoms with Gasteiger partial charge in [-0.25, -0.2) is 4.98 Å². The summed E-state index contributed by atoms with van der Waals surface area (Å²) in [6.07, 6.45) is 2.92. The molecule has 3 N–H and O–H groups in total. The zero-order valence-electron chi connectivity index (χ0n) is 13.0. The normalized spacial score (nSPS) is 18.3. The van der Waals surface area contributed by atoms with Gasteiger partial charge in [-0.3, -0.25) is 9.59 Å². The van der Waals surface area contributed by atoms with Gasteiger partial charge in [0.2, 0.25) is 11.8 Å². The van der Waals surface area contributed by atoms with Crippen LogP contribution in [0.4, 0.5) is 0 Å². The standard InChI is InChI=1S/C15H24N4O2S/c1-2-13-18-12(10-22-13)8-14(20)19-7-3-4-11(9-19)15(21)17-6-5-16/h10-11H,2-9,16H2,1H3,(H,17,21). The number of piperidine rings is 1. The van der Waals surface area contributed by atoms with Crippen LogP contribution in [0, 0.1) is 5.92 Å². The van der Waals surface area contributed by atoms with Crippen LogP contribution in [-0.2, 0) is 22.4 Å². The van der Waals surface area contributed by atoms with E-state index in [1.54, 1.807) is 16.2 Å². The molecular weight excluding hydrogens is 300 g/mol. The molecule has 0 aromatic carbocycles. The maximum atomic E-state index is 12.4. The third-order valence-corrected chi connectivity index (χ3v) is 4.86. The maximum absolute atomic E-state index is 12.4. The van der Waals surface area contributed by atoms with Crippen LogP contribution >= 0.6 is 11.3 Å². The molecule has 1 aliphatic rings. The first kappa shape index (κ1) is 16.9. The molecule has 0 saturated carbocycles. The first-order valence-corrected chi connectivity index (χ1v) is 8.70. The largest absolute Gasteiger partial charge is 0.355 e. The monoisotopic (exact) mass is 324 g/mol. The van der Waals surface area contributed by atoms with Crippen molar-refractivity contribution >= 4 is 23.2 Å². The van der Waals surface area contributed by atoms with E-state index in [9.17, 15) is 9.59 Å². The molecule has 2 amide bonds. The Balaban J connectivity index is 1.88. The molecule has 1 fully saturated rings. The maximum Gasteiger partial charge on any atom is 0.228 e. The van der Waals surface area contributed by atoms with Crippen molar-refractivity contribution < 1.29 is 9.59 Å². The van der Waals surface area contributed by atoms with Gasteiger partial charge in [-0.15, -0.1) is 11.3 Å². The number of nitrogens with two attached hydrogens (primary N) is 1. The molecule has 1 aromatic rings. The second-order valence-corrected chi connectivity index (χ2v) is 6.46. The minimum atomic E-state index is -0.120. The number of hydrogen-bond acceptors (Lipinski definition) is 5. The summed E-state index contributed by atoms with van der Waals surface area (Å²) >= 11 is 1.59. The molecule has 1 aromatic heterocycles. The zero-order valence-corrected chi connectivity index (χ0v) is 13.8. The van der Waals surface area contributed by atoms with Crippen LogP contribution in [0.3, 0.4) is 0 Å². The Morgan fingerprint density at radius 2 is 2.36 bits per heavy atom. The highest BCUT2D eigenvalue weighted by Crippen LogP contribution is 2.18. The summed E-state index contributed by atoms with van der Waals surface area (Å²) in [5.74, 6) is -0.0555. The fourth-order valence-electron chi connectivity index (χ4n) is 2.62. The summed E-state index contributed by atoms with van der Waals surface area (Å²) in [6, 6.07) is 0.